The Morgan fingerprint density at radius 3 is 1.29 bits per heavy atom. The minimum atomic E-state index is -1.80. The topological polar surface area (TPSA) is 228 Å². The predicted octanol–water partition coefficient (Wildman–Crippen LogP) is 13.4. The second-order valence-electron chi connectivity index (χ2n) is 23.6. The molecule has 2 saturated heterocycles. The monoisotopic (exact) mass is 1200 g/mol. The molecular weight excluding hydrogens is 1070 g/mol. The number of aliphatic hydroxyl groups is 8. The van der Waals surface area contributed by atoms with Crippen LogP contribution in [0.25, 0.3) is 0 Å². The molecule has 2 heterocycles. The van der Waals surface area contributed by atoms with Gasteiger partial charge >= 0.3 is 0 Å². The predicted molar refractivity (Wildman–Crippen MR) is 346 cm³/mol. The molecular formula is C71H123NO13. The molecule has 9 N–H and O–H groups in total. The van der Waals surface area contributed by atoms with Crippen LogP contribution in [0, 0.1) is 0 Å². The molecule has 490 valence electrons. The maximum Gasteiger partial charge on any atom is 0.220 e. The van der Waals surface area contributed by atoms with Gasteiger partial charge in [0.1, 0.15) is 48.8 Å². The summed E-state index contributed by atoms with van der Waals surface area (Å²) in [5, 5.41) is 87.4. The van der Waals surface area contributed by atoms with Crippen LogP contribution in [0.15, 0.2) is 97.2 Å². The molecule has 14 nitrogen and oxygen atoms in total. The fraction of sp³-hybridized carbons (Fsp3) is 0.761. The number of rotatable bonds is 54. The first-order valence-electron chi connectivity index (χ1n) is 34.0. The summed E-state index contributed by atoms with van der Waals surface area (Å²) >= 11 is 0. The number of carbonyl (C=O) groups is 1. The Labute approximate surface area is 515 Å². The van der Waals surface area contributed by atoms with Gasteiger partial charge in [0.25, 0.3) is 0 Å². The van der Waals surface area contributed by atoms with E-state index in [2.05, 4.69) is 104 Å². The molecule has 0 aromatic carbocycles. The Morgan fingerprint density at radius 1 is 0.435 bits per heavy atom. The van der Waals surface area contributed by atoms with Crippen LogP contribution in [0.2, 0.25) is 0 Å². The fourth-order valence-corrected chi connectivity index (χ4v) is 10.6. The summed E-state index contributed by atoms with van der Waals surface area (Å²) in [6.45, 7) is 2.68. The first-order valence-corrected chi connectivity index (χ1v) is 34.0. The number of amides is 1. The van der Waals surface area contributed by atoms with Gasteiger partial charge < -0.3 is 65.1 Å². The Balaban J connectivity index is 1.72. The molecule has 12 unspecified atom stereocenters. The second kappa shape index (κ2) is 55.0. The third-order valence-electron chi connectivity index (χ3n) is 16.0. The molecule has 14 heteroatoms. The van der Waals surface area contributed by atoms with Crippen LogP contribution in [-0.4, -0.2) is 140 Å². The lowest BCUT2D eigenvalue weighted by atomic mass is 9.97. The Hall–Kier alpha value is -3.09. The highest BCUT2D eigenvalue weighted by Crippen LogP contribution is 2.30. The number of unbranched alkanes of at least 4 members (excludes halogenated alkanes) is 27. The Kier molecular flexibility index (Phi) is 50.5. The minimum Gasteiger partial charge on any atom is -0.394 e. The summed E-state index contributed by atoms with van der Waals surface area (Å²) in [6, 6.07) is -0.941. The standard InChI is InChI=1S/C71H123NO13/c1-3-5-7-9-11-13-15-17-19-21-23-25-27-28-29-30-31-32-33-35-37-39-41-43-45-47-49-51-53-55-63(76)72-59(58-82-70-68(81)66(79)69(62(57-74)84-70)85-71-67(80)65(78)64(77)61(56-73)83-71)60(75)54-52-50-48-46-44-42-40-38-36-34-26-24-22-20-18-16-14-12-10-8-6-4-2/h5,7,11,13,17,19,23,25,28-29,31-32,44,46,52,54,59-62,64-71,73-75,77-81H,3-4,6,8-10,12,14-16,18,20-22,24,26-27,30,33-43,45,47-51,53,55-58H2,1-2H3,(H,72,76)/b7-5-,13-11-,19-17-,25-23-,29-28-,32-31-,46-44+,54-52+. The number of ether oxygens (including phenoxy) is 4. The molecule has 2 fully saturated rings. The minimum absolute atomic E-state index is 0.256. The van der Waals surface area contributed by atoms with Crippen LogP contribution in [0.3, 0.4) is 0 Å². The summed E-state index contributed by atoms with van der Waals surface area (Å²) in [7, 11) is 0. The molecule has 0 aromatic heterocycles. The van der Waals surface area contributed by atoms with Gasteiger partial charge in [0.15, 0.2) is 12.6 Å². The Morgan fingerprint density at radius 2 is 0.824 bits per heavy atom. The van der Waals surface area contributed by atoms with Gasteiger partial charge in [0.2, 0.25) is 5.91 Å². The van der Waals surface area contributed by atoms with E-state index in [4.69, 9.17) is 18.9 Å². The molecule has 0 radical (unpaired) electrons. The van der Waals surface area contributed by atoms with E-state index in [0.29, 0.717) is 12.8 Å². The molecule has 1 amide bonds. The van der Waals surface area contributed by atoms with E-state index < -0.39 is 86.8 Å². The smallest absolute Gasteiger partial charge is 0.220 e. The molecule has 2 rings (SSSR count). The average molecular weight is 1200 g/mol. The number of hydrogen-bond acceptors (Lipinski definition) is 13. The molecule has 12 atom stereocenters. The van der Waals surface area contributed by atoms with Crippen LogP contribution in [0.5, 0.6) is 0 Å². The first-order chi connectivity index (χ1) is 41.6. The van der Waals surface area contributed by atoms with Gasteiger partial charge in [0, 0.05) is 6.42 Å². The first kappa shape index (κ1) is 78.0. The second-order valence-corrected chi connectivity index (χ2v) is 23.6. The van der Waals surface area contributed by atoms with Crippen LogP contribution in [-0.2, 0) is 23.7 Å². The molecule has 0 spiro atoms. The molecule has 0 bridgehead atoms. The highest BCUT2D eigenvalue weighted by Gasteiger charge is 2.51. The summed E-state index contributed by atoms with van der Waals surface area (Å²) in [5.41, 5.74) is 0. The highest BCUT2D eigenvalue weighted by molar-refractivity contribution is 5.76. The zero-order valence-electron chi connectivity index (χ0n) is 53.1. The van der Waals surface area contributed by atoms with Crippen molar-refractivity contribution in [2.24, 2.45) is 0 Å². The van der Waals surface area contributed by atoms with Gasteiger partial charge in [-0.2, -0.15) is 0 Å². The molecule has 2 aliphatic heterocycles. The van der Waals surface area contributed by atoms with Crippen molar-refractivity contribution in [3.8, 4) is 0 Å². The van der Waals surface area contributed by atoms with E-state index in [-0.39, 0.29) is 18.9 Å². The largest absolute Gasteiger partial charge is 0.394 e. The number of nitrogens with one attached hydrogen (secondary N) is 1. The number of aliphatic hydroxyl groups excluding tert-OH is 8. The van der Waals surface area contributed by atoms with E-state index in [1.165, 1.54) is 141 Å². The van der Waals surface area contributed by atoms with Crippen molar-refractivity contribution in [3.63, 3.8) is 0 Å². The molecule has 0 saturated carbocycles. The SMILES string of the molecule is CC/C=C\C/C=C\C/C=C\C/C=C\C/C=C\C/C=C\CCCCCCCCCCCCC(=O)NC(COC1OC(CO)C(OC2OC(CO)C(O)C(O)C2O)C(O)C1O)C(O)/C=C/CC/C=C/CCCCCCCCCCCCCCCCCC. The summed E-state index contributed by atoms with van der Waals surface area (Å²) < 4.78 is 22.8. The van der Waals surface area contributed by atoms with Gasteiger partial charge in [-0.1, -0.05) is 259 Å². The van der Waals surface area contributed by atoms with Crippen LogP contribution in [0.4, 0.5) is 0 Å². The third-order valence-corrected chi connectivity index (χ3v) is 16.0. The van der Waals surface area contributed by atoms with E-state index in [1.807, 2.05) is 6.08 Å². The number of hydrogen-bond donors (Lipinski definition) is 9. The lowest BCUT2D eigenvalue weighted by molar-refractivity contribution is -0.359. The summed E-state index contributed by atoms with van der Waals surface area (Å²) in [4.78, 5) is 13.3. The van der Waals surface area contributed by atoms with Crippen molar-refractivity contribution < 1.29 is 64.6 Å². The van der Waals surface area contributed by atoms with Crippen molar-refractivity contribution >= 4 is 5.91 Å². The van der Waals surface area contributed by atoms with E-state index in [0.717, 1.165) is 77.0 Å². The van der Waals surface area contributed by atoms with Gasteiger partial charge in [-0.15, -0.1) is 0 Å². The highest BCUT2D eigenvalue weighted by atomic mass is 16.7. The van der Waals surface area contributed by atoms with Crippen molar-refractivity contribution in [3.05, 3.63) is 97.2 Å². The van der Waals surface area contributed by atoms with Crippen LogP contribution < -0.4 is 5.32 Å². The zero-order valence-corrected chi connectivity index (χ0v) is 53.1. The lowest BCUT2D eigenvalue weighted by Gasteiger charge is -2.46. The van der Waals surface area contributed by atoms with E-state index >= 15 is 0 Å². The zero-order chi connectivity index (χ0) is 61.6. The lowest BCUT2D eigenvalue weighted by Crippen LogP contribution is -2.65. The molecule has 0 aromatic rings. The number of carbonyl (C=O) groups excluding carboxylic acids is 1. The van der Waals surface area contributed by atoms with E-state index in [1.54, 1.807) is 6.08 Å². The normalized spacial score (nSPS) is 24.2. The summed E-state index contributed by atoms with van der Waals surface area (Å²) in [6.07, 6.45) is 60.2. The van der Waals surface area contributed by atoms with Crippen LogP contribution in [0.1, 0.15) is 251 Å². The molecule has 2 aliphatic rings. The fourth-order valence-electron chi connectivity index (χ4n) is 10.6. The molecule has 0 aliphatic carbocycles. The van der Waals surface area contributed by atoms with Crippen LogP contribution >= 0.6 is 0 Å². The van der Waals surface area contributed by atoms with Gasteiger partial charge in [-0.25, -0.2) is 0 Å². The quantitative estimate of drug-likeness (QED) is 0.0204. The van der Waals surface area contributed by atoms with Crippen molar-refractivity contribution in [1.82, 2.24) is 5.32 Å². The van der Waals surface area contributed by atoms with Crippen molar-refractivity contribution in [2.45, 2.75) is 325 Å². The third kappa shape index (κ3) is 39.5. The Bertz CT molecular complexity index is 1800. The summed E-state index contributed by atoms with van der Waals surface area (Å²) in [5.74, 6) is -0.256. The average Bonchev–Trinajstić information content (AvgIpc) is 3.69. The van der Waals surface area contributed by atoms with Gasteiger partial charge in [-0.3, -0.25) is 4.79 Å². The van der Waals surface area contributed by atoms with Gasteiger partial charge in [0.05, 0.1) is 32.0 Å². The number of allylic oxidation sites excluding steroid dienone is 15. The maximum absolute atomic E-state index is 13.3. The van der Waals surface area contributed by atoms with E-state index in [9.17, 15) is 45.6 Å². The van der Waals surface area contributed by atoms with Crippen molar-refractivity contribution in [2.75, 3.05) is 19.8 Å². The molecule has 85 heavy (non-hydrogen) atoms. The van der Waals surface area contributed by atoms with Crippen molar-refractivity contribution in [1.29, 1.82) is 0 Å². The van der Waals surface area contributed by atoms with Gasteiger partial charge in [-0.05, 0) is 83.5 Å². The maximum atomic E-state index is 13.3.